The van der Waals surface area contributed by atoms with Crippen LogP contribution in [-0.4, -0.2) is 42.6 Å². The molecule has 5 rings (SSSR count). The number of nitrogens with zero attached hydrogens (tertiary/aromatic N) is 5. The van der Waals surface area contributed by atoms with Gasteiger partial charge in [0.25, 0.3) is 5.91 Å². The molecule has 1 aliphatic rings. The summed E-state index contributed by atoms with van der Waals surface area (Å²) < 4.78 is 2.12. The van der Waals surface area contributed by atoms with Crippen molar-refractivity contribution in [2.45, 2.75) is 39.2 Å². The van der Waals surface area contributed by atoms with E-state index in [0.717, 1.165) is 53.2 Å². The van der Waals surface area contributed by atoms with Crippen molar-refractivity contribution in [3.8, 4) is 11.3 Å². The zero-order chi connectivity index (χ0) is 25.2. The van der Waals surface area contributed by atoms with E-state index >= 15 is 0 Å². The molecule has 0 radical (unpaired) electrons. The van der Waals surface area contributed by atoms with Gasteiger partial charge in [-0.1, -0.05) is 24.8 Å². The largest absolute Gasteiger partial charge is 0.329 e. The molecule has 1 aromatic carbocycles. The molecular formula is C28H28N6O2. The van der Waals surface area contributed by atoms with Gasteiger partial charge in [0.05, 0.1) is 22.9 Å². The standard InChI is InChI=1S/C28H28N6O2/c1-4-24(35)33-16-8-6-9-22(33)27-32-25(26-19(3)30-17-18(2)34(26)27)20-11-13-21(14-12-20)28(36)31-23-10-5-7-15-29-23/h4-5,7,10-15,17,22H,1,6,8-9,16H2,2-3H3,(H,29,31,36). The zero-order valence-electron chi connectivity index (χ0n) is 20.4. The first kappa shape index (κ1) is 23.4. The van der Waals surface area contributed by atoms with Crippen LogP contribution in [0.15, 0.2) is 67.5 Å². The Hall–Kier alpha value is -4.33. The van der Waals surface area contributed by atoms with E-state index in [9.17, 15) is 9.59 Å². The van der Waals surface area contributed by atoms with Crippen molar-refractivity contribution in [3.05, 3.63) is 90.3 Å². The topological polar surface area (TPSA) is 92.5 Å². The Morgan fingerprint density at radius 1 is 1.08 bits per heavy atom. The van der Waals surface area contributed by atoms with Crippen LogP contribution < -0.4 is 5.32 Å². The second-order valence-corrected chi connectivity index (χ2v) is 8.98. The highest BCUT2D eigenvalue weighted by molar-refractivity contribution is 6.04. The molecule has 1 N–H and O–H groups in total. The third-order valence-corrected chi connectivity index (χ3v) is 6.63. The Labute approximate surface area is 209 Å². The van der Waals surface area contributed by atoms with Gasteiger partial charge in [-0.15, -0.1) is 0 Å². The molecular weight excluding hydrogens is 452 g/mol. The lowest BCUT2D eigenvalue weighted by Crippen LogP contribution is -2.38. The van der Waals surface area contributed by atoms with Crippen LogP contribution in [0.25, 0.3) is 16.8 Å². The van der Waals surface area contributed by atoms with Crippen LogP contribution >= 0.6 is 0 Å². The number of carbonyl (C=O) groups is 2. The van der Waals surface area contributed by atoms with E-state index in [-0.39, 0.29) is 17.9 Å². The SMILES string of the molecule is C=CC(=O)N1CCCCC1c1nc(-c2ccc(C(=O)Nc3ccccn3)cc2)c2c(C)ncc(C)n12. The predicted molar refractivity (Wildman–Crippen MR) is 139 cm³/mol. The van der Waals surface area contributed by atoms with Crippen LogP contribution in [0.3, 0.4) is 0 Å². The Kier molecular flexibility index (Phi) is 6.33. The van der Waals surface area contributed by atoms with Gasteiger partial charge in [0.2, 0.25) is 5.91 Å². The molecule has 8 heteroatoms. The number of amides is 2. The molecule has 1 saturated heterocycles. The Morgan fingerprint density at radius 3 is 2.61 bits per heavy atom. The van der Waals surface area contributed by atoms with Gasteiger partial charge < -0.3 is 10.2 Å². The molecule has 182 valence electrons. The van der Waals surface area contributed by atoms with Crippen molar-refractivity contribution in [3.63, 3.8) is 0 Å². The van der Waals surface area contributed by atoms with E-state index in [1.54, 1.807) is 30.5 Å². The summed E-state index contributed by atoms with van der Waals surface area (Å²) in [6, 6.07) is 12.6. The summed E-state index contributed by atoms with van der Waals surface area (Å²) in [7, 11) is 0. The fraction of sp³-hybridized carbons (Fsp3) is 0.250. The number of aryl methyl sites for hydroxylation is 2. The molecule has 1 atom stereocenters. The smallest absolute Gasteiger partial charge is 0.256 e. The number of anilines is 1. The first-order chi connectivity index (χ1) is 17.5. The van der Waals surface area contributed by atoms with Crippen molar-refractivity contribution in [1.82, 2.24) is 24.3 Å². The van der Waals surface area contributed by atoms with E-state index < -0.39 is 0 Å². The molecule has 4 aromatic rings. The van der Waals surface area contributed by atoms with Crippen LogP contribution in [0.1, 0.15) is 52.9 Å². The number of likely N-dealkylation sites (tertiary alicyclic amines) is 1. The first-order valence-electron chi connectivity index (χ1n) is 12.1. The molecule has 3 aromatic heterocycles. The van der Waals surface area contributed by atoms with E-state index in [1.807, 2.05) is 43.1 Å². The molecule has 0 aliphatic carbocycles. The van der Waals surface area contributed by atoms with E-state index in [4.69, 9.17) is 4.98 Å². The minimum atomic E-state index is -0.231. The third-order valence-electron chi connectivity index (χ3n) is 6.63. The Morgan fingerprint density at radius 2 is 1.89 bits per heavy atom. The van der Waals surface area contributed by atoms with Crippen molar-refractivity contribution < 1.29 is 9.59 Å². The van der Waals surface area contributed by atoms with E-state index in [2.05, 4.69) is 26.3 Å². The average molecular weight is 481 g/mol. The summed E-state index contributed by atoms with van der Waals surface area (Å²) in [6.45, 7) is 8.34. The van der Waals surface area contributed by atoms with Gasteiger partial charge in [0.15, 0.2) is 0 Å². The number of hydrogen-bond acceptors (Lipinski definition) is 5. The van der Waals surface area contributed by atoms with Crippen molar-refractivity contribution in [1.29, 1.82) is 0 Å². The monoisotopic (exact) mass is 480 g/mol. The lowest BCUT2D eigenvalue weighted by molar-refractivity contribution is -0.129. The summed E-state index contributed by atoms with van der Waals surface area (Å²) in [5.74, 6) is 1.02. The van der Waals surface area contributed by atoms with Gasteiger partial charge in [-0.25, -0.2) is 9.97 Å². The first-order valence-corrected chi connectivity index (χ1v) is 12.1. The van der Waals surface area contributed by atoms with Gasteiger partial charge in [-0.2, -0.15) is 0 Å². The highest BCUT2D eigenvalue weighted by atomic mass is 16.2. The number of hydrogen-bond donors (Lipinski definition) is 1. The molecule has 8 nitrogen and oxygen atoms in total. The summed E-state index contributed by atoms with van der Waals surface area (Å²) in [4.78, 5) is 41.1. The summed E-state index contributed by atoms with van der Waals surface area (Å²) >= 11 is 0. The normalized spacial score (nSPS) is 15.6. The van der Waals surface area contributed by atoms with Gasteiger partial charge in [-0.05, 0) is 63.5 Å². The fourth-order valence-electron chi connectivity index (χ4n) is 4.85. The minimum Gasteiger partial charge on any atom is -0.329 e. The maximum Gasteiger partial charge on any atom is 0.256 e. The number of rotatable bonds is 5. The number of aromatic nitrogens is 4. The number of imidazole rings is 1. The molecule has 36 heavy (non-hydrogen) atoms. The van der Waals surface area contributed by atoms with Crippen LogP contribution in [0, 0.1) is 13.8 Å². The van der Waals surface area contributed by atoms with E-state index in [0.29, 0.717) is 17.9 Å². The van der Waals surface area contributed by atoms with Crippen molar-refractivity contribution in [2.24, 2.45) is 0 Å². The molecule has 2 amide bonds. The summed E-state index contributed by atoms with van der Waals surface area (Å²) in [5.41, 5.74) is 4.89. The second kappa shape index (κ2) is 9.73. The zero-order valence-corrected chi connectivity index (χ0v) is 20.4. The molecule has 1 aliphatic heterocycles. The van der Waals surface area contributed by atoms with Gasteiger partial charge >= 0.3 is 0 Å². The lowest BCUT2D eigenvalue weighted by atomic mass is 10.0. The number of carbonyl (C=O) groups excluding carboxylic acids is 2. The van der Waals surface area contributed by atoms with Crippen LogP contribution in [0.4, 0.5) is 5.82 Å². The highest BCUT2D eigenvalue weighted by Crippen LogP contribution is 2.36. The Balaban J connectivity index is 1.55. The Bertz CT molecular complexity index is 1440. The van der Waals surface area contributed by atoms with Gasteiger partial charge in [0, 0.05) is 35.8 Å². The third kappa shape index (κ3) is 4.26. The highest BCUT2D eigenvalue weighted by Gasteiger charge is 2.32. The van der Waals surface area contributed by atoms with Crippen molar-refractivity contribution >= 4 is 23.1 Å². The number of benzene rings is 1. The van der Waals surface area contributed by atoms with Crippen LogP contribution in [-0.2, 0) is 4.79 Å². The molecule has 1 fully saturated rings. The maximum atomic E-state index is 12.7. The van der Waals surface area contributed by atoms with Crippen LogP contribution in [0.5, 0.6) is 0 Å². The molecule has 4 heterocycles. The molecule has 0 bridgehead atoms. The van der Waals surface area contributed by atoms with Crippen molar-refractivity contribution in [2.75, 3.05) is 11.9 Å². The van der Waals surface area contributed by atoms with E-state index in [1.165, 1.54) is 6.08 Å². The lowest BCUT2D eigenvalue weighted by Gasteiger charge is -2.34. The molecule has 0 spiro atoms. The average Bonchev–Trinajstić information content (AvgIpc) is 3.33. The second-order valence-electron chi connectivity index (χ2n) is 8.98. The minimum absolute atomic E-state index is 0.0790. The number of fused-ring (bicyclic) bond motifs is 1. The number of nitrogens with one attached hydrogen (secondary N) is 1. The number of piperidine rings is 1. The van der Waals surface area contributed by atoms with Gasteiger partial charge in [-0.3, -0.25) is 19.0 Å². The summed E-state index contributed by atoms with van der Waals surface area (Å²) in [6.07, 6.45) is 7.68. The predicted octanol–water partition coefficient (Wildman–Crippen LogP) is 4.90. The summed E-state index contributed by atoms with van der Waals surface area (Å²) in [5, 5.41) is 2.81. The van der Waals surface area contributed by atoms with Crippen LogP contribution in [0.2, 0.25) is 0 Å². The fourth-order valence-corrected chi connectivity index (χ4v) is 4.85. The van der Waals surface area contributed by atoms with Gasteiger partial charge in [0.1, 0.15) is 11.6 Å². The number of pyridine rings is 1. The molecule has 1 unspecified atom stereocenters. The molecule has 0 saturated carbocycles. The maximum absolute atomic E-state index is 12.7. The quantitative estimate of drug-likeness (QED) is 0.410.